The summed E-state index contributed by atoms with van der Waals surface area (Å²) >= 11 is 0. The first-order valence-corrected chi connectivity index (χ1v) is 11.4. The molecule has 32 heavy (non-hydrogen) atoms. The van der Waals surface area contributed by atoms with Gasteiger partial charge in [0.25, 0.3) is 0 Å². The third-order valence-corrected chi connectivity index (χ3v) is 6.38. The second-order valence-electron chi connectivity index (χ2n) is 9.04. The minimum absolute atomic E-state index is 0.213. The second kappa shape index (κ2) is 9.61. The maximum Gasteiger partial charge on any atom is 0.229 e. The van der Waals surface area contributed by atoms with E-state index in [0.717, 1.165) is 50.3 Å². The molecule has 0 N–H and O–H groups in total. The van der Waals surface area contributed by atoms with E-state index in [0.29, 0.717) is 0 Å². The number of benzene rings is 2. The molecule has 0 aliphatic carbocycles. The van der Waals surface area contributed by atoms with E-state index in [2.05, 4.69) is 70.3 Å². The molecule has 1 saturated heterocycles. The van der Waals surface area contributed by atoms with E-state index in [1.165, 1.54) is 16.7 Å². The molecule has 0 spiro atoms. The highest BCUT2D eigenvalue weighted by Gasteiger charge is 2.45. The topological polar surface area (TPSA) is 49.3 Å². The molecule has 5 nitrogen and oxygen atoms in total. The van der Waals surface area contributed by atoms with Gasteiger partial charge in [0.1, 0.15) is 5.82 Å². The highest BCUT2D eigenvalue weighted by molar-refractivity contribution is 5.83. The van der Waals surface area contributed by atoms with Crippen molar-refractivity contribution in [3.63, 3.8) is 0 Å². The zero-order chi connectivity index (χ0) is 22.6. The monoisotopic (exact) mass is 428 g/mol. The first-order chi connectivity index (χ1) is 15.5. The SMILES string of the molecule is CCc1ncc(CN2CC[C@](Cc3ccc(-c4ccccc4)cc3)(C(=O)N(C)C)C2)cn1. The van der Waals surface area contributed by atoms with Crippen LogP contribution in [-0.2, 0) is 24.2 Å². The first kappa shape index (κ1) is 22.2. The molecule has 4 rings (SSSR count). The summed E-state index contributed by atoms with van der Waals surface area (Å²) in [5, 5.41) is 0. The highest BCUT2D eigenvalue weighted by Crippen LogP contribution is 2.37. The molecular formula is C27H32N4O. The van der Waals surface area contributed by atoms with E-state index in [1.807, 2.05) is 32.6 Å². The van der Waals surface area contributed by atoms with Crippen molar-refractivity contribution in [2.75, 3.05) is 27.2 Å². The standard InChI is InChI=1S/C27H32N4O/c1-4-25-28-17-22(18-29-25)19-31-15-14-27(20-31,26(32)30(2)3)16-21-10-12-24(13-11-21)23-8-6-5-7-9-23/h5-13,17-18H,4,14-16,19-20H2,1-3H3/t27-/m1/s1. The van der Waals surface area contributed by atoms with Crippen LogP contribution < -0.4 is 0 Å². The molecule has 0 saturated carbocycles. The molecule has 1 amide bonds. The van der Waals surface area contributed by atoms with Crippen LogP contribution in [0.3, 0.4) is 0 Å². The number of hydrogen-bond acceptors (Lipinski definition) is 4. The summed E-state index contributed by atoms with van der Waals surface area (Å²) in [5.74, 6) is 1.08. The molecule has 5 heteroatoms. The zero-order valence-corrected chi connectivity index (χ0v) is 19.3. The van der Waals surface area contributed by atoms with Crippen molar-refractivity contribution in [2.24, 2.45) is 5.41 Å². The minimum atomic E-state index is -0.401. The van der Waals surface area contributed by atoms with Crippen molar-refractivity contribution in [3.05, 3.63) is 83.9 Å². The van der Waals surface area contributed by atoms with Crippen LogP contribution in [0.5, 0.6) is 0 Å². The van der Waals surface area contributed by atoms with Gasteiger partial charge in [0.2, 0.25) is 5.91 Å². The lowest BCUT2D eigenvalue weighted by atomic mass is 9.79. The summed E-state index contributed by atoms with van der Waals surface area (Å²) in [6.07, 6.45) is 6.29. The average Bonchev–Trinajstić information content (AvgIpc) is 3.23. The molecule has 1 aromatic heterocycles. The summed E-state index contributed by atoms with van der Waals surface area (Å²) in [4.78, 5) is 26.3. The number of rotatable bonds is 7. The first-order valence-electron chi connectivity index (χ1n) is 11.4. The normalized spacial score (nSPS) is 18.6. The Morgan fingerprint density at radius 3 is 2.25 bits per heavy atom. The summed E-state index contributed by atoms with van der Waals surface area (Å²) in [6, 6.07) is 19.1. The van der Waals surface area contributed by atoms with Crippen LogP contribution in [0, 0.1) is 5.41 Å². The number of aromatic nitrogens is 2. The number of amides is 1. The van der Waals surface area contributed by atoms with E-state index in [4.69, 9.17) is 0 Å². The Balaban J connectivity index is 1.50. The quantitative estimate of drug-likeness (QED) is 0.565. The summed E-state index contributed by atoms with van der Waals surface area (Å²) in [6.45, 7) is 4.49. The van der Waals surface area contributed by atoms with Gasteiger partial charge >= 0.3 is 0 Å². The van der Waals surface area contributed by atoms with Crippen LogP contribution >= 0.6 is 0 Å². The molecule has 1 atom stereocenters. The Bertz CT molecular complexity index is 1030. The average molecular weight is 429 g/mol. The van der Waals surface area contributed by atoms with E-state index >= 15 is 0 Å². The van der Waals surface area contributed by atoms with Crippen molar-refractivity contribution in [1.29, 1.82) is 0 Å². The van der Waals surface area contributed by atoms with Gasteiger partial charge in [0.05, 0.1) is 5.41 Å². The van der Waals surface area contributed by atoms with Gasteiger partial charge in [0, 0.05) is 51.6 Å². The van der Waals surface area contributed by atoms with Crippen LogP contribution in [0.2, 0.25) is 0 Å². The number of nitrogens with zero attached hydrogens (tertiary/aromatic N) is 4. The van der Waals surface area contributed by atoms with Gasteiger partial charge in [0.15, 0.2) is 0 Å². The molecular weight excluding hydrogens is 396 g/mol. The van der Waals surface area contributed by atoms with Gasteiger partial charge in [-0.15, -0.1) is 0 Å². The fraction of sp³-hybridized carbons (Fsp3) is 0.370. The van der Waals surface area contributed by atoms with Crippen molar-refractivity contribution < 1.29 is 4.79 Å². The molecule has 0 radical (unpaired) electrons. The highest BCUT2D eigenvalue weighted by atomic mass is 16.2. The molecule has 2 heterocycles. The van der Waals surface area contributed by atoms with Crippen LogP contribution in [0.1, 0.15) is 30.3 Å². The van der Waals surface area contributed by atoms with Crippen LogP contribution in [0.15, 0.2) is 67.0 Å². The van der Waals surface area contributed by atoms with Crippen molar-refractivity contribution >= 4 is 5.91 Å². The Morgan fingerprint density at radius 1 is 0.969 bits per heavy atom. The molecule has 1 fully saturated rings. The van der Waals surface area contributed by atoms with Crippen LogP contribution in [0.25, 0.3) is 11.1 Å². The predicted octanol–water partition coefficient (Wildman–Crippen LogP) is 4.23. The second-order valence-corrected chi connectivity index (χ2v) is 9.04. The molecule has 1 aliphatic heterocycles. The molecule has 0 unspecified atom stereocenters. The lowest BCUT2D eigenvalue weighted by Gasteiger charge is -2.31. The molecule has 1 aliphatic rings. The zero-order valence-electron chi connectivity index (χ0n) is 19.3. The molecule has 166 valence electrons. The molecule has 0 bridgehead atoms. The van der Waals surface area contributed by atoms with Gasteiger partial charge in [-0.25, -0.2) is 9.97 Å². The van der Waals surface area contributed by atoms with Crippen LogP contribution in [0.4, 0.5) is 0 Å². The van der Waals surface area contributed by atoms with Gasteiger partial charge in [-0.2, -0.15) is 0 Å². The third-order valence-electron chi connectivity index (χ3n) is 6.38. The van der Waals surface area contributed by atoms with Gasteiger partial charge < -0.3 is 4.90 Å². The van der Waals surface area contributed by atoms with Crippen molar-refractivity contribution in [2.45, 2.75) is 32.7 Å². The maximum atomic E-state index is 13.3. The summed E-state index contributed by atoms with van der Waals surface area (Å²) in [5.41, 5.74) is 4.31. The van der Waals surface area contributed by atoms with E-state index in [9.17, 15) is 4.79 Å². The van der Waals surface area contributed by atoms with E-state index < -0.39 is 5.41 Å². The predicted molar refractivity (Wildman–Crippen MR) is 128 cm³/mol. The number of likely N-dealkylation sites (tertiary alicyclic amines) is 1. The summed E-state index contributed by atoms with van der Waals surface area (Å²) < 4.78 is 0. The number of hydrogen-bond donors (Lipinski definition) is 0. The molecule has 3 aromatic rings. The minimum Gasteiger partial charge on any atom is -0.348 e. The largest absolute Gasteiger partial charge is 0.348 e. The number of carbonyl (C=O) groups excluding carboxylic acids is 1. The lowest BCUT2D eigenvalue weighted by Crippen LogP contribution is -2.43. The number of aryl methyl sites for hydroxylation is 1. The Kier molecular flexibility index (Phi) is 6.66. The van der Waals surface area contributed by atoms with Crippen molar-refractivity contribution in [3.8, 4) is 11.1 Å². The maximum absolute atomic E-state index is 13.3. The van der Waals surface area contributed by atoms with Gasteiger partial charge in [-0.3, -0.25) is 9.69 Å². The van der Waals surface area contributed by atoms with Gasteiger partial charge in [-0.05, 0) is 36.1 Å². The fourth-order valence-electron chi connectivity index (χ4n) is 4.70. The van der Waals surface area contributed by atoms with Crippen molar-refractivity contribution in [1.82, 2.24) is 19.8 Å². The summed E-state index contributed by atoms with van der Waals surface area (Å²) in [7, 11) is 3.73. The Labute approximate surface area is 191 Å². The molecule has 2 aromatic carbocycles. The van der Waals surface area contributed by atoms with E-state index in [1.54, 1.807) is 4.90 Å². The van der Waals surface area contributed by atoms with Gasteiger partial charge in [-0.1, -0.05) is 61.5 Å². The Morgan fingerprint density at radius 2 is 1.62 bits per heavy atom. The number of carbonyl (C=O) groups is 1. The lowest BCUT2D eigenvalue weighted by molar-refractivity contribution is -0.138. The Hall–Kier alpha value is -3.05. The smallest absolute Gasteiger partial charge is 0.229 e. The fourth-order valence-corrected chi connectivity index (χ4v) is 4.70. The third kappa shape index (κ3) is 4.89. The van der Waals surface area contributed by atoms with Crippen LogP contribution in [-0.4, -0.2) is 52.9 Å². The van der Waals surface area contributed by atoms with E-state index in [-0.39, 0.29) is 5.91 Å².